The molecule has 0 amide bonds. The molecule has 0 aromatic carbocycles. The molecule has 1 heterocycles. The zero-order valence-corrected chi connectivity index (χ0v) is 5.83. The second-order valence-electron chi connectivity index (χ2n) is 2.09. The lowest BCUT2D eigenvalue weighted by atomic mass is 10.1. The van der Waals surface area contributed by atoms with Crippen molar-refractivity contribution in [2.75, 3.05) is 11.5 Å². The van der Waals surface area contributed by atoms with Crippen LogP contribution < -0.4 is 0 Å². The first kappa shape index (κ1) is 6.14. The SMILES string of the molecule is CCC1CSCC1=O. The summed E-state index contributed by atoms with van der Waals surface area (Å²) in [5.74, 6) is 2.67. The quantitative estimate of drug-likeness (QED) is 0.532. The highest BCUT2D eigenvalue weighted by Gasteiger charge is 2.22. The van der Waals surface area contributed by atoms with Gasteiger partial charge in [-0.05, 0) is 6.42 Å². The Morgan fingerprint density at radius 2 is 2.62 bits per heavy atom. The van der Waals surface area contributed by atoms with Crippen molar-refractivity contribution in [1.82, 2.24) is 0 Å². The van der Waals surface area contributed by atoms with Gasteiger partial charge < -0.3 is 0 Å². The van der Waals surface area contributed by atoms with Crippen LogP contribution in [0.5, 0.6) is 0 Å². The molecule has 0 bridgehead atoms. The summed E-state index contributed by atoms with van der Waals surface area (Å²) < 4.78 is 0. The summed E-state index contributed by atoms with van der Waals surface area (Å²) in [6.45, 7) is 2.08. The monoisotopic (exact) mass is 130 g/mol. The molecule has 0 N–H and O–H groups in total. The first-order valence-corrected chi connectivity index (χ1v) is 4.10. The molecular formula is C6H10OS. The number of carbonyl (C=O) groups excluding carboxylic acids is 1. The van der Waals surface area contributed by atoms with E-state index < -0.39 is 0 Å². The van der Waals surface area contributed by atoms with Gasteiger partial charge in [0, 0.05) is 11.7 Å². The van der Waals surface area contributed by atoms with Gasteiger partial charge in [0.15, 0.2) is 0 Å². The largest absolute Gasteiger partial charge is 0.298 e. The van der Waals surface area contributed by atoms with Gasteiger partial charge in [0.05, 0.1) is 5.75 Å². The third-order valence-corrected chi connectivity index (χ3v) is 2.64. The van der Waals surface area contributed by atoms with Gasteiger partial charge >= 0.3 is 0 Å². The summed E-state index contributed by atoms with van der Waals surface area (Å²) in [4.78, 5) is 10.8. The summed E-state index contributed by atoms with van der Waals surface area (Å²) in [6.07, 6.45) is 1.03. The average Bonchev–Trinajstić information content (AvgIpc) is 2.14. The van der Waals surface area contributed by atoms with Crippen molar-refractivity contribution >= 4 is 17.5 Å². The van der Waals surface area contributed by atoms with Crippen molar-refractivity contribution in [2.24, 2.45) is 5.92 Å². The standard InChI is InChI=1S/C6H10OS/c1-2-5-3-8-4-6(5)7/h5H,2-4H2,1H3. The molecule has 1 saturated heterocycles. The van der Waals surface area contributed by atoms with E-state index in [4.69, 9.17) is 0 Å². The van der Waals surface area contributed by atoms with Crippen LogP contribution in [0.1, 0.15) is 13.3 Å². The fourth-order valence-corrected chi connectivity index (χ4v) is 2.12. The highest BCUT2D eigenvalue weighted by Crippen LogP contribution is 2.22. The van der Waals surface area contributed by atoms with E-state index >= 15 is 0 Å². The summed E-state index contributed by atoms with van der Waals surface area (Å²) in [5.41, 5.74) is 0. The number of rotatable bonds is 1. The Morgan fingerprint density at radius 1 is 1.88 bits per heavy atom. The molecule has 0 saturated carbocycles. The zero-order valence-electron chi connectivity index (χ0n) is 5.02. The zero-order chi connectivity index (χ0) is 5.98. The number of carbonyl (C=O) groups is 1. The maximum atomic E-state index is 10.8. The van der Waals surface area contributed by atoms with E-state index in [1.54, 1.807) is 11.8 Å². The Hall–Kier alpha value is 0.0200. The third-order valence-electron chi connectivity index (χ3n) is 1.51. The van der Waals surface area contributed by atoms with Crippen LogP contribution in [0, 0.1) is 5.92 Å². The first-order valence-electron chi connectivity index (χ1n) is 2.95. The summed E-state index contributed by atoms with van der Waals surface area (Å²) in [7, 11) is 0. The Labute approximate surface area is 53.8 Å². The van der Waals surface area contributed by atoms with E-state index in [0.717, 1.165) is 17.9 Å². The van der Waals surface area contributed by atoms with Gasteiger partial charge in [0.2, 0.25) is 0 Å². The molecule has 1 fully saturated rings. The third kappa shape index (κ3) is 1.05. The summed E-state index contributed by atoms with van der Waals surface area (Å²) in [6, 6.07) is 0. The first-order chi connectivity index (χ1) is 3.84. The molecule has 0 radical (unpaired) electrons. The van der Waals surface area contributed by atoms with Crippen LogP contribution in [-0.2, 0) is 4.79 Å². The van der Waals surface area contributed by atoms with Crippen LogP contribution in [0.25, 0.3) is 0 Å². The highest BCUT2D eigenvalue weighted by atomic mass is 32.2. The van der Waals surface area contributed by atoms with Crippen LogP contribution in [0.15, 0.2) is 0 Å². The number of hydrogen-bond acceptors (Lipinski definition) is 2. The summed E-state index contributed by atoms with van der Waals surface area (Å²) >= 11 is 1.77. The Balaban J connectivity index is 2.42. The van der Waals surface area contributed by atoms with Crippen LogP contribution in [0.4, 0.5) is 0 Å². The minimum Gasteiger partial charge on any atom is -0.298 e. The number of hydrogen-bond donors (Lipinski definition) is 0. The molecule has 1 aliphatic heterocycles. The molecule has 0 aliphatic carbocycles. The van der Waals surface area contributed by atoms with Crippen LogP contribution >= 0.6 is 11.8 Å². The second kappa shape index (κ2) is 2.53. The van der Waals surface area contributed by atoms with Crippen molar-refractivity contribution in [2.45, 2.75) is 13.3 Å². The van der Waals surface area contributed by atoms with Crippen molar-refractivity contribution < 1.29 is 4.79 Å². The molecule has 0 aromatic heterocycles. The minimum absolute atomic E-state index is 0.389. The fourth-order valence-electron chi connectivity index (χ4n) is 0.858. The average molecular weight is 130 g/mol. The smallest absolute Gasteiger partial charge is 0.146 e. The normalized spacial score (nSPS) is 29.1. The van der Waals surface area contributed by atoms with Crippen LogP contribution in [0.3, 0.4) is 0 Å². The molecule has 46 valence electrons. The van der Waals surface area contributed by atoms with Crippen molar-refractivity contribution in [3.8, 4) is 0 Å². The number of thioether (sulfide) groups is 1. The minimum atomic E-state index is 0.389. The van der Waals surface area contributed by atoms with E-state index in [1.165, 1.54) is 0 Å². The lowest BCUT2D eigenvalue weighted by Crippen LogP contribution is -2.08. The predicted octanol–water partition coefficient (Wildman–Crippen LogP) is 1.33. The number of Topliss-reactive ketones (excluding diaryl/α,β-unsaturated/α-hetero) is 1. The van der Waals surface area contributed by atoms with Gasteiger partial charge in [-0.25, -0.2) is 0 Å². The Morgan fingerprint density at radius 3 is 2.88 bits per heavy atom. The van der Waals surface area contributed by atoms with Crippen molar-refractivity contribution in [3.05, 3.63) is 0 Å². The topological polar surface area (TPSA) is 17.1 Å². The van der Waals surface area contributed by atoms with Gasteiger partial charge in [-0.3, -0.25) is 4.79 Å². The van der Waals surface area contributed by atoms with Gasteiger partial charge in [0.25, 0.3) is 0 Å². The van der Waals surface area contributed by atoms with Crippen LogP contribution in [-0.4, -0.2) is 17.3 Å². The van der Waals surface area contributed by atoms with E-state index in [-0.39, 0.29) is 0 Å². The lowest BCUT2D eigenvalue weighted by molar-refractivity contribution is -0.119. The molecule has 1 rings (SSSR count). The second-order valence-corrected chi connectivity index (χ2v) is 3.12. The van der Waals surface area contributed by atoms with E-state index in [9.17, 15) is 4.79 Å². The molecule has 1 nitrogen and oxygen atoms in total. The predicted molar refractivity (Wildman–Crippen MR) is 36.1 cm³/mol. The maximum Gasteiger partial charge on any atom is 0.146 e. The molecule has 0 spiro atoms. The maximum absolute atomic E-state index is 10.8. The van der Waals surface area contributed by atoms with E-state index in [2.05, 4.69) is 6.92 Å². The number of ketones is 1. The van der Waals surface area contributed by atoms with Crippen molar-refractivity contribution in [3.63, 3.8) is 0 Å². The summed E-state index contributed by atoms with van der Waals surface area (Å²) in [5, 5.41) is 0. The van der Waals surface area contributed by atoms with E-state index in [0.29, 0.717) is 11.7 Å². The molecule has 2 heteroatoms. The highest BCUT2D eigenvalue weighted by molar-refractivity contribution is 8.00. The fraction of sp³-hybridized carbons (Fsp3) is 0.833. The van der Waals surface area contributed by atoms with Crippen LogP contribution in [0.2, 0.25) is 0 Å². The van der Waals surface area contributed by atoms with Gasteiger partial charge in [-0.1, -0.05) is 6.92 Å². The van der Waals surface area contributed by atoms with E-state index in [1.807, 2.05) is 0 Å². The Kier molecular flexibility index (Phi) is 1.95. The lowest BCUT2D eigenvalue weighted by Gasteiger charge is -1.97. The molecule has 8 heavy (non-hydrogen) atoms. The molecule has 1 unspecified atom stereocenters. The van der Waals surface area contributed by atoms with Gasteiger partial charge in [-0.15, -0.1) is 0 Å². The molecule has 1 atom stereocenters. The molecule has 0 aromatic rings. The van der Waals surface area contributed by atoms with Gasteiger partial charge in [-0.2, -0.15) is 11.8 Å². The van der Waals surface area contributed by atoms with Crippen molar-refractivity contribution in [1.29, 1.82) is 0 Å². The molecular weight excluding hydrogens is 120 g/mol. The Bertz CT molecular complexity index is 101. The molecule has 1 aliphatic rings. The van der Waals surface area contributed by atoms with Gasteiger partial charge in [0.1, 0.15) is 5.78 Å².